The smallest absolute Gasteiger partial charge is 0.227 e. The number of benzene rings is 2. The van der Waals surface area contributed by atoms with Crippen LogP contribution < -0.4 is 4.74 Å². The van der Waals surface area contributed by atoms with Crippen molar-refractivity contribution in [1.82, 2.24) is 15.0 Å². The SMILES string of the molecule is CCc1ccc(CSc2nc(-c3ccccc3C)nc3c2Cc2c(CO)cnc(C)c2O3)cc1. The maximum absolute atomic E-state index is 9.89. The van der Waals surface area contributed by atoms with E-state index in [1.54, 1.807) is 18.0 Å². The van der Waals surface area contributed by atoms with E-state index < -0.39 is 0 Å². The highest BCUT2D eigenvalue weighted by Gasteiger charge is 2.28. The van der Waals surface area contributed by atoms with Crippen molar-refractivity contribution >= 4 is 11.8 Å². The van der Waals surface area contributed by atoms with Crippen molar-refractivity contribution in [1.29, 1.82) is 0 Å². The molecule has 5 rings (SSSR count). The number of fused-ring (bicyclic) bond motifs is 2. The van der Waals surface area contributed by atoms with Crippen molar-refractivity contribution in [2.75, 3.05) is 0 Å². The zero-order valence-electron chi connectivity index (χ0n) is 19.6. The van der Waals surface area contributed by atoms with Gasteiger partial charge in [0.05, 0.1) is 17.9 Å². The molecule has 2 aromatic heterocycles. The molecule has 4 aromatic rings. The summed E-state index contributed by atoms with van der Waals surface area (Å²) in [5.41, 5.74) is 8.18. The Bertz CT molecular complexity index is 1350. The highest BCUT2D eigenvalue weighted by Crippen LogP contribution is 2.43. The first-order valence-corrected chi connectivity index (χ1v) is 12.5. The summed E-state index contributed by atoms with van der Waals surface area (Å²) in [5.74, 6) is 2.73. The Balaban J connectivity index is 1.57. The summed E-state index contributed by atoms with van der Waals surface area (Å²) in [4.78, 5) is 14.3. The molecule has 34 heavy (non-hydrogen) atoms. The molecule has 172 valence electrons. The summed E-state index contributed by atoms with van der Waals surface area (Å²) < 4.78 is 6.34. The molecular formula is C28H27N3O2S. The Kier molecular flexibility index (Phi) is 6.35. The minimum Gasteiger partial charge on any atom is -0.436 e. The number of rotatable bonds is 6. The van der Waals surface area contributed by atoms with Crippen LogP contribution in [0.3, 0.4) is 0 Å². The minimum atomic E-state index is -0.0806. The second-order valence-electron chi connectivity index (χ2n) is 8.52. The first kappa shape index (κ1) is 22.6. The lowest BCUT2D eigenvalue weighted by Crippen LogP contribution is -2.13. The van der Waals surface area contributed by atoms with Crippen LogP contribution in [0.2, 0.25) is 0 Å². The summed E-state index contributed by atoms with van der Waals surface area (Å²) in [6, 6.07) is 16.9. The fourth-order valence-electron chi connectivity index (χ4n) is 4.18. The number of pyridine rings is 1. The molecule has 0 saturated carbocycles. The van der Waals surface area contributed by atoms with Gasteiger partial charge in [0.25, 0.3) is 0 Å². The molecule has 0 fully saturated rings. The summed E-state index contributed by atoms with van der Waals surface area (Å²) in [7, 11) is 0. The number of ether oxygens (including phenoxy) is 1. The second-order valence-corrected chi connectivity index (χ2v) is 9.49. The van der Waals surface area contributed by atoms with Gasteiger partial charge < -0.3 is 9.84 Å². The Hall–Kier alpha value is -3.22. The third-order valence-electron chi connectivity index (χ3n) is 6.25. The highest BCUT2D eigenvalue weighted by molar-refractivity contribution is 7.98. The first-order chi connectivity index (χ1) is 16.6. The molecule has 0 bridgehead atoms. The van der Waals surface area contributed by atoms with Gasteiger partial charge in [-0.05, 0) is 37.0 Å². The van der Waals surface area contributed by atoms with E-state index in [1.165, 1.54) is 11.1 Å². The average Bonchev–Trinajstić information content (AvgIpc) is 2.87. The van der Waals surface area contributed by atoms with Gasteiger partial charge in [-0.15, -0.1) is 11.8 Å². The van der Waals surface area contributed by atoms with Crippen LogP contribution in [0.25, 0.3) is 11.4 Å². The van der Waals surface area contributed by atoms with E-state index in [-0.39, 0.29) is 6.61 Å². The number of aliphatic hydroxyl groups excluding tert-OH is 1. The molecule has 5 nitrogen and oxygen atoms in total. The molecule has 0 spiro atoms. The van der Waals surface area contributed by atoms with Crippen LogP contribution in [-0.2, 0) is 25.2 Å². The maximum atomic E-state index is 9.89. The van der Waals surface area contributed by atoms with Crippen molar-refractivity contribution in [2.24, 2.45) is 0 Å². The summed E-state index contributed by atoms with van der Waals surface area (Å²) in [6.45, 7) is 6.07. The third kappa shape index (κ3) is 4.31. The third-order valence-corrected chi connectivity index (χ3v) is 7.34. The lowest BCUT2D eigenvalue weighted by Gasteiger charge is -2.24. The maximum Gasteiger partial charge on any atom is 0.227 e. The molecule has 0 atom stereocenters. The molecule has 1 aliphatic rings. The van der Waals surface area contributed by atoms with Crippen LogP contribution in [0, 0.1) is 13.8 Å². The first-order valence-electron chi connectivity index (χ1n) is 11.5. The fourth-order valence-corrected chi connectivity index (χ4v) is 5.16. The molecule has 0 unspecified atom stereocenters. The van der Waals surface area contributed by atoms with Crippen molar-refractivity contribution in [3.63, 3.8) is 0 Å². The van der Waals surface area contributed by atoms with E-state index in [1.807, 2.05) is 25.1 Å². The highest BCUT2D eigenvalue weighted by atomic mass is 32.2. The Morgan fingerprint density at radius 2 is 1.74 bits per heavy atom. The van der Waals surface area contributed by atoms with Crippen LogP contribution in [0.5, 0.6) is 11.6 Å². The Labute approximate surface area is 204 Å². The number of thioether (sulfide) groups is 1. The van der Waals surface area contributed by atoms with Crippen LogP contribution >= 0.6 is 11.8 Å². The van der Waals surface area contributed by atoms with E-state index in [0.29, 0.717) is 23.9 Å². The number of hydrogen-bond acceptors (Lipinski definition) is 6. The lowest BCUT2D eigenvalue weighted by molar-refractivity contribution is 0.278. The van der Waals surface area contributed by atoms with E-state index in [0.717, 1.165) is 50.7 Å². The number of aromatic nitrogens is 3. The predicted molar refractivity (Wildman–Crippen MR) is 135 cm³/mol. The topological polar surface area (TPSA) is 68.1 Å². The molecule has 0 amide bonds. The van der Waals surface area contributed by atoms with Gasteiger partial charge in [0.2, 0.25) is 5.88 Å². The predicted octanol–water partition coefficient (Wildman–Crippen LogP) is 6.20. The molecule has 2 aromatic carbocycles. The summed E-state index contributed by atoms with van der Waals surface area (Å²) >= 11 is 1.70. The Morgan fingerprint density at radius 1 is 0.971 bits per heavy atom. The molecule has 0 aliphatic carbocycles. The molecular weight excluding hydrogens is 442 g/mol. The normalized spacial score (nSPS) is 12.1. The van der Waals surface area contributed by atoms with Gasteiger partial charge in [0.1, 0.15) is 5.03 Å². The summed E-state index contributed by atoms with van der Waals surface area (Å²) in [5, 5.41) is 10.8. The van der Waals surface area contributed by atoms with Gasteiger partial charge in [-0.1, -0.05) is 55.5 Å². The Morgan fingerprint density at radius 3 is 2.47 bits per heavy atom. The number of aryl methyl sites for hydroxylation is 3. The fraction of sp³-hybridized carbons (Fsp3) is 0.250. The van der Waals surface area contributed by atoms with Gasteiger partial charge in [-0.2, -0.15) is 4.98 Å². The molecule has 0 radical (unpaired) electrons. The number of nitrogens with zero attached hydrogens (tertiary/aromatic N) is 3. The standard InChI is InChI=1S/C28H27N3O2S/c1-4-19-9-11-20(12-10-19)16-34-28-24-13-23-21(15-32)14-29-18(3)25(23)33-27(24)30-26(31-28)22-8-6-5-7-17(22)2/h5-12,14,32H,4,13,15-16H2,1-3H3. The lowest BCUT2D eigenvalue weighted by atomic mass is 9.99. The van der Waals surface area contributed by atoms with E-state index in [2.05, 4.69) is 49.2 Å². The van der Waals surface area contributed by atoms with Crippen molar-refractivity contribution < 1.29 is 9.84 Å². The molecule has 3 heterocycles. The van der Waals surface area contributed by atoms with Crippen molar-refractivity contribution in [3.8, 4) is 23.0 Å². The van der Waals surface area contributed by atoms with Crippen LogP contribution in [0.15, 0.2) is 59.8 Å². The van der Waals surface area contributed by atoms with Crippen molar-refractivity contribution in [2.45, 2.75) is 51.0 Å². The van der Waals surface area contributed by atoms with Gasteiger partial charge >= 0.3 is 0 Å². The largest absolute Gasteiger partial charge is 0.436 e. The molecule has 6 heteroatoms. The van der Waals surface area contributed by atoms with Gasteiger partial charge in [0, 0.05) is 35.1 Å². The second kappa shape index (κ2) is 9.57. The van der Waals surface area contributed by atoms with E-state index in [4.69, 9.17) is 14.7 Å². The molecule has 1 N–H and O–H groups in total. The molecule has 0 saturated heterocycles. The summed E-state index contributed by atoms with van der Waals surface area (Å²) in [6.07, 6.45) is 3.37. The number of aliphatic hydroxyl groups is 1. The van der Waals surface area contributed by atoms with Gasteiger partial charge in [0.15, 0.2) is 11.6 Å². The zero-order valence-corrected chi connectivity index (χ0v) is 20.4. The number of hydrogen-bond donors (Lipinski definition) is 1. The molecule has 1 aliphatic heterocycles. The zero-order chi connectivity index (χ0) is 23.7. The van der Waals surface area contributed by atoms with Crippen LogP contribution in [0.1, 0.15) is 46.0 Å². The van der Waals surface area contributed by atoms with Gasteiger partial charge in [-0.3, -0.25) is 4.98 Å². The average molecular weight is 470 g/mol. The van der Waals surface area contributed by atoms with E-state index in [9.17, 15) is 5.11 Å². The van der Waals surface area contributed by atoms with Gasteiger partial charge in [-0.25, -0.2) is 4.98 Å². The van der Waals surface area contributed by atoms with Crippen LogP contribution in [0.4, 0.5) is 0 Å². The quantitative estimate of drug-likeness (QED) is 0.236. The van der Waals surface area contributed by atoms with Crippen LogP contribution in [-0.4, -0.2) is 20.1 Å². The monoisotopic (exact) mass is 469 g/mol. The van der Waals surface area contributed by atoms with Crippen molar-refractivity contribution in [3.05, 3.63) is 93.8 Å². The minimum absolute atomic E-state index is 0.0806. The van der Waals surface area contributed by atoms with E-state index >= 15 is 0 Å².